The summed E-state index contributed by atoms with van der Waals surface area (Å²) in [4.78, 5) is 4.24. The van der Waals surface area contributed by atoms with Crippen LogP contribution in [0, 0.1) is 0 Å². The number of para-hydroxylation sites is 2. The lowest BCUT2D eigenvalue weighted by atomic mass is 10.2. The third-order valence-electron chi connectivity index (χ3n) is 3.95. The highest BCUT2D eigenvalue weighted by atomic mass is 127. The van der Waals surface area contributed by atoms with Gasteiger partial charge >= 0.3 is 0 Å². The Morgan fingerprint density at radius 1 is 1.31 bits per heavy atom. The minimum Gasteiger partial charge on any atom is -0.486 e. The van der Waals surface area contributed by atoms with Gasteiger partial charge in [0, 0.05) is 26.6 Å². The fourth-order valence-corrected chi connectivity index (χ4v) is 2.63. The van der Waals surface area contributed by atoms with E-state index in [1.165, 1.54) is 0 Å². The largest absolute Gasteiger partial charge is 0.486 e. The molecule has 142 valence electrons. The van der Waals surface area contributed by atoms with E-state index in [2.05, 4.69) is 32.7 Å². The monoisotopic (exact) mass is 472 g/mol. The molecule has 26 heavy (non-hydrogen) atoms. The van der Waals surface area contributed by atoms with E-state index in [-0.39, 0.29) is 30.1 Å². The summed E-state index contributed by atoms with van der Waals surface area (Å²) in [5.41, 5.74) is 0. The highest BCUT2D eigenvalue weighted by Gasteiger charge is 2.20. The molecule has 1 unspecified atom stereocenters. The van der Waals surface area contributed by atoms with Gasteiger partial charge in [0.1, 0.15) is 24.9 Å². The van der Waals surface area contributed by atoms with Crippen molar-refractivity contribution in [3.8, 4) is 11.5 Å². The van der Waals surface area contributed by atoms with Gasteiger partial charge in [-0.25, -0.2) is 0 Å². The van der Waals surface area contributed by atoms with Gasteiger partial charge in [-0.3, -0.25) is 4.99 Å². The van der Waals surface area contributed by atoms with Crippen LogP contribution in [-0.4, -0.2) is 53.6 Å². The number of rotatable bonds is 6. The number of aliphatic imine (C=N–C) groups is 1. The fraction of sp³-hybridized carbons (Fsp3) is 0.471. The Labute approximate surface area is 170 Å². The summed E-state index contributed by atoms with van der Waals surface area (Å²) < 4.78 is 13.7. The number of benzene rings is 1. The smallest absolute Gasteiger partial charge is 0.191 e. The van der Waals surface area contributed by atoms with E-state index in [0.717, 1.165) is 42.8 Å². The Morgan fingerprint density at radius 2 is 2.12 bits per heavy atom. The van der Waals surface area contributed by atoms with Crippen LogP contribution in [0.5, 0.6) is 11.5 Å². The van der Waals surface area contributed by atoms with Crippen LogP contribution in [0.15, 0.2) is 35.6 Å². The lowest BCUT2D eigenvalue weighted by Crippen LogP contribution is -2.46. The first-order valence-electron chi connectivity index (χ1n) is 8.49. The second kappa shape index (κ2) is 10.2. The average Bonchev–Trinajstić information content (AvgIpc) is 3.11. The van der Waals surface area contributed by atoms with Crippen LogP contribution in [-0.2, 0) is 13.0 Å². The van der Waals surface area contributed by atoms with Gasteiger partial charge in [-0.15, -0.1) is 34.2 Å². The van der Waals surface area contributed by atoms with Gasteiger partial charge in [0.15, 0.2) is 17.5 Å². The summed E-state index contributed by atoms with van der Waals surface area (Å²) in [5.74, 6) is 3.29. The van der Waals surface area contributed by atoms with Crippen molar-refractivity contribution in [1.29, 1.82) is 0 Å². The minimum absolute atomic E-state index is 0. The summed E-state index contributed by atoms with van der Waals surface area (Å²) in [5, 5.41) is 14.6. The molecule has 1 aliphatic rings. The standard InChI is InChI=1S/C17H24N6O2.HI/c1-3-16-22-21-12-23(16)9-8-19-17(18-2)20-10-13-11-24-14-6-4-5-7-15(14)25-13;/h4-7,12-13H,3,8-11H2,1-2H3,(H2,18,19,20);1H. The first-order chi connectivity index (χ1) is 12.3. The van der Waals surface area contributed by atoms with E-state index in [4.69, 9.17) is 9.47 Å². The number of guanidine groups is 1. The van der Waals surface area contributed by atoms with Gasteiger partial charge in [0.25, 0.3) is 0 Å². The van der Waals surface area contributed by atoms with Crippen molar-refractivity contribution in [2.45, 2.75) is 26.0 Å². The topological polar surface area (TPSA) is 85.6 Å². The van der Waals surface area contributed by atoms with E-state index in [1.54, 1.807) is 13.4 Å². The second-order valence-electron chi connectivity index (χ2n) is 5.67. The Bertz CT molecular complexity index is 721. The zero-order valence-corrected chi connectivity index (χ0v) is 17.3. The van der Waals surface area contributed by atoms with Crippen LogP contribution in [0.25, 0.3) is 0 Å². The Kier molecular flexibility index (Phi) is 7.95. The van der Waals surface area contributed by atoms with Crippen molar-refractivity contribution < 1.29 is 9.47 Å². The van der Waals surface area contributed by atoms with Gasteiger partial charge in [-0.2, -0.15) is 0 Å². The summed E-state index contributed by atoms with van der Waals surface area (Å²) in [7, 11) is 1.75. The number of nitrogens with zero attached hydrogens (tertiary/aromatic N) is 4. The predicted octanol–water partition coefficient (Wildman–Crippen LogP) is 1.46. The van der Waals surface area contributed by atoms with Gasteiger partial charge in [-0.05, 0) is 12.1 Å². The molecule has 0 fully saturated rings. The second-order valence-corrected chi connectivity index (χ2v) is 5.67. The summed E-state index contributed by atoms with van der Waals surface area (Å²) in [6, 6.07) is 7.70. The SMILES string of the molecule is CCc1nncn1CCNC(=NC)NCC1COc2ccccc2O1.I. The van der Waals surface area contributed by atoms with Gasteiger partial charge in [-0.1, -0.05) is 19.1 Å². The molecule has 2 heterocycles. The minimum atomic E-state index is -0.0574. The maximum absolute atomic E-state index is 5.93. The maximum atomic E-state index is 5.93. The van der Waals surface area contributed by atoms with Gasteiger partial charge in [0.2, 0.25) is 0 Å². The first kappa shape index (κ1) is 20.3. The van der Waals surface area contributed by atoms with Gasteiger partial charge in [0.05, 0.1) is 6.54 Å². The number of hydrogen-bond acceptors (Lipinski definition) is 5. The Morgan fingerprint density at radius 3 is 2.88 bits per heavy atom. The number of aromatic nitrogens is 3. The van der Waals surface area contributed by atoms with E-state index < -0.39 is 0 Å². The molecule has 1 aliphatic heterocycles. The highest BCUT2D eigenvalue weighted by molar-refractivity contribution is 14.0. The van der Waals surface area contributed by atoms with E-state index in [1.807, 2.05) is 28.8 Å². The van der Waals surface area contributed by atoms with Crippen molar-refractivity contribution in [1.82, 2.24) is 25.4 Å². The molecular weight excluding hydrogens is 447 g/mol. The van der Waals surface area contributed by atoms with E-state index in [0.29, 0.717) is 13.2 Å². The number of hydrogen-bond donors (Lipinski definition) is 2. The molecule has 3 rings (SSSR count). The molecule has 1 aromatic carbocycles. The molecule has 1 aromatic heterocycles. The van der Waals surface area contributed by atoms with Crippen LogP contribution >= 0.6 is 24.0 Å². The van der Waals surface area contributed by atoms with Crippen molar-refractivity contribution in [2.24, 2.45) is 4.99 Å². The first-order valence-corrected chi connectivity index (χ1v) is 8.49. The molecule has 0 saturated heterocycles. The molecule has 0 aliphatic carbocycles. The van der Waals surface area contributed by atoms with E-state index >= 15 is 0 Å². The molecule has 9 heteroatoms. The molecule has 0 radical (unpaired) electrons. The van der Waals surface area contributed by atoms with Crippen LogP contribution in [0.2, 0.25) is 0 Å². The van der Waals surface area contributed by atoms with Crippen molar-refractivity contribution in [3.63, 3.8) is 0 Å². The molecule has 2 aromatic rings. The van der Waals surface area contributed by atoms with Crippen molar-refractivity contribution >= 4 is 29.9 Å². The number of halogens is 1. The lowest BCUT2D eigenvalue weighted by Gasteiger charge is -2.27. The quantitative estimate of drug-likeness (QED) is 0.376. The number of aryl methyl sites for hydroxylation is 1. The molecule has 2 N–H and O–H groups in total. The van der Waals surface area contributed by atoms with E-state index in [9.17, 15) is 0 Å². The number of fused-ring (bicyclic) bond motifs is 1. The third kappa shape index (κ3) is 5.23. The Balaban J connectivity index is 0.00000243. The summed E-state index contributed by atoms with van der Waals surface area (Å²) >= 11 is 0. The van der Waals surface area contributed by atoms with Crippen molar-refractivity contribution in [3.05, 3.63) is 36.4 Å². The molecular formula is C17H25IN6O2. The van der Waals surface area contributed by atoms with Crippen molar-refractivity contribution in [2.75, 3.05) is 26.7 Å². The number of ether oxygens (including phenoxy) is 2. The predicted molar refractivity (Wildman–Crippen MR) is 111 cm³/mol. The summed E-state index contributed by atoms with van der Waals surface area (Å²) in [6.45, 7) is 4.71. The van der Waals surface area contributed by atoms with Crippen LogP contribution in [0.3, 0.4) is 0 Å². The highest BCUT2D eigenvalue weighted by Crippen LogP contribution is 2.30. The lowest BCUT2D eigenvalue weighted by molar-refractivity contribution is 0.0936. The molecule has 0 bridgehead atoms. The molecule has 0 spiro atoms. The fourth-order valence-electron chi connectivity index (χ4n) is 2.63. The molecule has 0 amide bonds. The normalized spacial score (nSPS) is 15.9. The average molecular weight is 472 g/mol. The number of nitrogens with one attached hydrogen (secondary N) is 2. The van der Waals surface area contributed by atoms with Gasteiger partial charge < -0.3 is 24.7 Å². The summed E-state index contributed by atoms with van der Waals surface area (Å²) in [6.07, 6.45) is 2.56. The molecule has 0 saturated carbocycles. The third-order valence-corrected chi connectivity index (χ3v) is 3.95. The van der Waals surface area contributed by atoms with Crippen LogP contribution in [0.1, 0.15) is 12.7 Å². The van der Waals surface area contributed by atoms with Crippen LogP contribution in [0.4, 0.5) is 0 Å². The molecule has 8 nitrogen and oxygen atoms in total. The zero-order valence-electron chi connectivity index (χ0n) is 15.0. The molecule has 1 atom stereocenters. The Hall–Kier alpha value is -2.04. The maximum Gasteiger partial charge on any atom is 0.191 e. The van der Waals surface area contributed by atoms with Crippen LogP contribution < -0.4 is 20.1 Å². The zero-order chi connectivity index (χ0) is 17.5.